The number of pyridine rings is 1. The van der Waals surface area contributed by atoms with Gasteiger partial charge in [-0.1, -0.05) is 19.9 Å². The SMILES string of the molecule is Cc1ccc(Br)c(Nc2ccc(N)c(OCC(C)C)n2)c1. The first-order valence-corrected chi connectivity index (χ1v) is 7.67. The van der Waals surface area contributed by atoms with Crippen LogP contribution in [-0.4, -0.2) is 11.6 Å². The molecule has 0 atom stereocenters. The standard InChI is InChI=1S/C16H20BrN3O/c1-10(2)9-21-16-13(18)6-7-15(20-16)19-14-8-11(3)4-5-12(14)17/h4-8,10H,9,18H2,1-3H3,(H,19,20). The maximum atomic E-state index is 5.90. The number of ether oxygens (including phenoxy) is 1. The lowest BCUT2D eigenvalue weighted by Gasteiger charge is -2.13. The Hall–Kier alpha value is -1.75. The smallest absolute Gasteiger partial charge is 0.239 e. The maximum Gasteiger partial charge on any atom is 0.239 e. The fourth-order valence-corrected chi connectivity index (χ4v) is 2.10. The molecule has 5 heteroatoms. The van der Waals surface area contributed by atoms with Crippen LogP contribution in [0.15, 0.2) is 34.8 Å². The van der Waals surface area contributed by atoms with Crippen LogP contribution >= 0.6 is 15.9 Å². The summed E-state index contributed by atoms with van der Waals surface area (Å²) in [5, 5.41) is 3.27. The molecule has 0 unspecified atom stereocenters. The summed E-state index contributed by atoms with van der Waals surface area (Å²) in [6.45, 7) is 6.81. The third-order valence-electron chi connectivity index (χ3n) is 2.83. The summed E-state index contributed by atoms with van der Waals surface area (Å²) in [5.41, 5.74) is 8.58. The van der Waals surface area contributed by atoms with Crippen molar-refractivity contribution in [1.29, 1.82) is 0 Å². The molecule has 0 saturated carbocycles. The van der Waals surface area contributed by atoms with Gasteiger partial charge in [-0.2, -0.15) is 4.98 Å². The Balaban J connectivity index is 2.20. The molecule has 0 bridgehead atoms. The summed E-state index contributed by atoms with van der Waals surface area (Å²) in [6.07, 6.45) is 0. The lowest BCUT2D eigenvalue weighted by atomic mass is 10.2. The van der Waals surface area contributed by atoms with Crippen molar-refractivity contribution in [3.05, 3.63) is 40.4 Å². The number of benzene rings is 1. The quantitative estimate of drug-likeness (QED) is 0.833. The molecule has 0 aliphatic heterocycles. The number of nitrogens with one attached hydrogen (secondary N) is 1. The zero-order valence-corrected chi connectivity index (χ0v) is 14.1. The van der Waals surface area contributed by atoms with E-state index in [1.165, 1.54) is 5.56 Å². The summed E-state index contributed by atoms with van der Waals surface area (Å²) in [7, 11) is 0. The van der Waals surface area contributed by atoms with Crippen molar-refractivity contribution < 1.29 is 4.74 Å². The van der Waals surface area contributed by atoms with E-state index in [1.807, 2.05) is 25.1 Å². The fraction of sp³-hybridized carbons (Fsp3) is 0.312. The summed E-state index contributed by atoms with van der Waals surface area (Å²) in [5.74, 6) is 1.60. The average Bonchev–Trinajstić information content (AvgIpc) is 2.43. The first-order valence-electron chi connectivity index (χ1n) is 6.88. The van der Waals surface area contributed by atoms with Gasteiger partial charge < -0.3 is 15.8 Å². The van der Waals surface area contributed by atoms with Crippen molar-refractivity contribution in [2.45, 2.75) is 20.8 Å². The van der Waals surface area contributed by atoms with Crippen molar-refractivity contribution in [3.63, 3.8) is 0 Å². The van der Waals surface area contributed by atoms with Crippen molar-refractivity contribution >= 4 is 33.1 Å². The Morgan fingerprint density at radius 2 is 2.05 bits per heavy atom. The number of aromatic nitrogens is 1. The van der Waals surface area contributed by atoms with E-state index in [2.05, 4.69) is 46.1 Å². The summed E-state index contributed by atoms with van der Waals surface area (Å²) in [6, 6.07) is 9.74. The van der Waals surface area contributed by atoms with E-state index in [4.69, 9.17) is 10.5 Å². The normalized spacial score (nSPS) is 10.7. The molecule has 0 aliphatic carbocycles. The third kappa shape index (κ3) is 4.36. The first kappa shape index (κ1) is 15.6. The summed E-state index contributed by atoms with van der Waals surface area (Å²) in [4.78, 5) is 4.43. The topological polar surface area (TPSA) is 60.2 Å². The van der Waals surface area contributed by atoms with E-state index in [-0.39, 0.29) is 0 Å². The third-order valence-corrected chi connectivity index (χ3v) is 3.52. The van der Waals surface area contributed by atoms with E-state index in [1.54, 1.807) is 6.07 Å². The molecule has 2 aromatic rings. The second-order valence-electron chi connectivity index (χ2n) is 5.40. The fourth-order valence-electron chi connectivity index (χ4n) is 1.75. The first-order chi connectivity index (χ1) is 9.95. The van der Waals surface area contributed by atoms with E-state index in [0.717, 1.165) is 10.2 Å². The number of nitrogens with zero attached hydrogens (tertiary/aromatic N) is 1. The van der Waals surface area contributed by atoms with Gasteiger partial charge in [0, 0.05) is 4.47 Å². The Morgan fingerprint density at radius 1 is 1.29 bits per heavy atom. The highest BCUT2D eigenvalue weighted by molar-refractivity contribution is 9.10. The van der Waals surface area contributed by atoms with Crippen LogP contribution in [0.4, 0.5) is 17.2 Å². The Morgan fingerprint density at radius 3 is 2.76 bits per heavy atom. The monoisotopic (exact) mass is 349 g/mol. The molecule has 21 heavy (non-hydrogen) atoms. The Labute approximate surface area is 133 Å². The number of hydrogen-bond donors (Lipinski definition) is 2. The minimum Gasteiger partial charge on any atom is -0.476 e. The molecular weight excluding hydrogens is 330 g/mol. The number of nitrogen functional groups attached to an aromatic ring is 1. The molecular formula is C16H20BrN3O. The second-order valence-corrected chi connectivity index (χ2v) is 6.26. The van der Waals surface area contributed by atoms with Crippen molar-refractivity contribution in [2.75, 3.05) is 17.7 Å². The van der Waals surface area contributed by atoms with Gasteiger partial charge in [-0.05, 0) is 58.6 Å². The second kappa shape index (κ2) is 6.80. The van der Waals surface area contributed by atoms with Gasteiger partial charge in [-0.25, -0.2) is 0 Å². The molecule has 0 saturated heterocycles. The number of hydrogen-bond acceptors (Lipinski definition) is 4. The zero-order chi connectivity index (χ0) is 15.4. The molecule has 1 aromatic carbocycles. The van der Waals surface area contributed by atoms with Gasteiger partial charge in [-0.3, -0.25) is 0 Å². The highest BCUT2D eigenvalue weighted by Crippen LogP contribution is 2.28. The van der Waals surface area contributed by atoms with Gasteiger partial charge in [0.15, 0.2) is 0 Å². The molecule has 0 radical (unpaired) electrons. The molecule has 1 aromatic heterocycles. The highest BCUT2D eigenvalue weighted by Gasteiger charge is 2.07. The number of aryl methyl sites for hydroxylation is 1. The molecule has 0 fully saturated rings. The van der Waals surface area contributed by atoms with E-state index in [0.29, 0.717) is 29.9 Å². The predicted molar refractivity (Wildman–Crippen MR) is 91.1 cm³/mol. The molecule has 112 valence electrons. The van der Waals surface area contributed by atoms with Crippen LogP contribution in [0.25, 0.3) is 0 Å². The maximum absolute atomic E-state index is 5.90. The number of anilines is 3. The van der Waals surface area contributed by atoms with Crippen LogP contribution in [0.3, 0.4) is 0 Å². The van der Waals surface area contributed by atoms with Crippen molar-refractivity contribution in [3.8, 4) is 5.88 Å². The summed E-state index contributed by atoms with van der Waals surface area (Å²) >= 11 is 3.52. The van der Waals surface area contributed by atoms with Crippen LogP contribution in [0.2, 0.25) is 0 Å². The molecule has 0 amide bonds. The summed E-state index contributed by atoms with van der Waals surface area (Å²) < 4.78 is 6.63. The lowest BCUT2D eigenvalue weighted by molar-refractivity contribution is 0.263. The Bertz CT molecular complexity index is 629. The number of rotatable bonds is 5. The Kier molecular flexibility index (Phi) is 5.07. The minimum atomic E-state index is 0.425. The largest absolute Gasteiger partial charge is 0.476 e. The predicted octanol–water partition coefficient (Wildman–Crippen LogP) is 4.51. The molecule has 4 nitrogen and oxygen atoms in total. The van der Waals surface area contributed by atoms with Gasteiger partial charge in [-0.15, -0.1) is 0 Å². The van der Waals surface area contributed by atoms with Crippen LogP contribution in [0.1, 0.15) is 19.4 Å². The van der Waals surface area contributed by atoms with E-state index < -0.39 is 0 Å². The van der Waals surface area contributed by atoms with Gasteiger partial charge in [0.1, 0.15) is 5.82 Å². The molecule has 1 heterocycles. The molecule has 0 aliphatic rings. The van der Waals surface area contributed by atoms with Gasteiger partial charge in [0.25, 0.3) is 0 Å². The van der Waals surface area contributed by atoms with Crippen LogP contribution in [0, 0.1) is 12.8 Å². The van der Waals surface area contributed by atoms with Crippen molar-refractivity contribution in [1.82, 2.24) is 4.98 Å². The molecule has 3 N–H and O–H groups in total. The average molecular weight is 350 g/mol. The lowest BCUT2D eigenvalue weighted by Crippen LogP contribution is -2.08. The van der Waals surface area contributed by atoms with Gasteiger partial charge in [0.2, 0.25) is 5.88 Å². The molecule has 0 spiro atoms. The van der Waals surface area contributed by atoms with Crippen LogP contribution < -0.4 is 15.8 Å². The number of nitrogens with two attached hydrogens (primary N) is 1. The molecule has 2 rings (SSSR count). The van der Waals surface area contributed by atoms with Crippen LogP contribution in [-0.2, 0) is 0 Å². The highest BCUT2D eigenvalue weighted by atomic mass is 79.9. The van der Waals surface area contributed by atoms with Crippen LogP contribution in [0.5, 0.6) is 5.88 Å². The van der Waals surface area contributed by atoms with Gasteiger partial charge in [0.05, 0.1) is 18.0 Å². The van der Waals surface area contributed by atoms with Gasteiger partial charge >= 0.3 is 0 Å². The van der Waals surface area contributed by atoms with E-state index in [9.17, 15) is 0 Å². The minimum absolute atomic E-state index is 0.425. The van der Waals surface area contributed by atoms with Crippen molar-refractivity contribution in [2.24, 2.45) is 5.92 Å². The van der Waals surface area contributed by atoms with E-state index >= 15 is 0 Å². The zero-order valence-electron chi connectivity index (χ0n) is 12.5. The number of halogens is 1.